The van der Waals surface area contributed by atoms with Crippen molar-refractivity contribution >= 4 is 64.3 Å². The van der Waals surface area contributed by atoms with Crippen LogP contribution >= 0.6 is 43.2 Å². The van der Waals surface area contributed by atoms with Gasteiger partial charge >= 0.3 is 0 Å². The number of nitrogens with zero attached hydrogens (tertiary/aromatic N) is 3. The van der Waals surface area contributed by atoms with E-state index in [1.165, 1.54) is 11.3 Å². The van der Waals surface area contributed by atoms with Crippen LogP contribution in [0.3, 0.4) is 0 Å². The molecule has 0 radical (unpaired) electrons. The number of hydrogen-bond acceptors (Lipinski definition) is 5. The van der Waals surface area contributed by atoms with Gasteiger partial charge in [-0.1, -0.05) is 63.7 Å². The molecule has 0 unspecified atom stereocenters. The van der Waals surface area contributed by atoms with Crippen LogP contribution in [0.1, 0.15) is 6.92 Å². The lowest BCUT2D eigenvalue weighted by Gasteiger charge is -2.12. The van der Waals surface area contributed by atoms with E-state index in [0.29, 0.717) is 34.2 Å². The van der Waals surface area contributed by atoms with E-state index < -0.39 is 0 Å². The second kappa shape index (κ2) is 8.18. The molecule has 0 atom stereocenters. The highest BCUT2D eigenvalue weighted by Crippen LogP contribution is 2.34. The predicted octanol–water partition coefficient (Wildman–Crippen LogP) is 6.59. The number of halogens is 2. The van der Waals surface area contributed by atoms with Gasteiger partial charge in [-0.3, -0.25) is 4.79 Å². The highest BCUT2D eigenvalue weighted by molar-refractivity contribution is 9.11. The van der Waals surface area contributed by atoms with Crippen LogP contribution < -0.4 is 10.3 Å². The maximum Gasteiger partial charge on any atom is 0.268 e. The fourth-order valence-corrected chi connectivity index (χ4v) is 5.75. The van der Waals surface area contributed by atoms with Crippen molar-refractivity contribution in [2.24, 2.45) is 0 Å². The van der Waals surface area contributed by atoms with Crippen LogP contribution in [0, 0.1) is 0 Å². The molecule has 0 bridgehead atoms. The molecule has 0 aliphatic heterocycles. The zero-order chi connectivity index (χ0) is 21.5. The van der Waals surface area contributed by atoms with Gasteiger partial charge < -0.3 is 4.74 Å². The molecule has 0 aliphatic carbocycles. The lowest BCUT2D eigenvalue weighted by molar-refractivity contribution is 0.343. The van der Waals surface area contributed by atoms with Crippen molar-refractivity contribution in [1.82, 2.24) is 14.5 Å². The summed E-state index contributed by atoms with van der Waals surface area (Å²) in [7, 11) is 0. The Kier molecular flexibility index (Phi) is 5.37. The normalized spacial score (nSPS) is 11.3. The molecule has 0 amide bonds. The fraction of sp³-hybridized carbons (Fsp3) is 0.0870. The van der Waals surface area contributed by atoms with E-state index in [1.54, 1.807) is 10.6 Å². The highest BCUT2D eigenvalue weighted by Gasteiger charge is 2.20. The minimum atomic E-state index is -0.178. The summed E-state index contributed by atoms with van der Waals surface area (Å²) in [6, 6.07) is 19.2. The summed E-state index contributed by atoms with van der Waals surface area (Å²) in [6.07, 6.45) is 0. The van der Waals surface area contributed by atoms with Crippen LogP contribution in [0.4, 0.5) is 0 Å². The molecular formula is C23H15Br2N3O2S. The maximum absolute atomic E-state index is 13.7. The van der Waals surface area contributed by atoms with E-state index in [4.69, 9.17) is 14.7 Å². The highest BCUT2D eigenvalue weighted by atomic mass is 79.9. The number of benzene rings is 3. The van der Waals surface area contributed by atoms with E-state index in [0.717, 1.165) is 24.7 Å². The second-order valence-corrected chi connectivity index (χ2v) is 9.54. The average Bonchev–Trinajstić information content (AvgIpc) is 3.20. The third kappa shape index (κ3) is 3.58. The van der Waals surface area contributed by atoms with Crippen LogP contribution in [-0.4, -0.2) is 21.1 Å². The van der Waals surface area contributed by atoms with Crippen LogP contribution in [-0.2, 0) is 0 Å². The first-order valence-electron chi connectivity index (χ1n) is 9.56. The molecule has 2 aromatic heterocycles. The summed E-state index contributed by atoms with van der Waals surface area (Å²) in [5, 5.41) is 1.06. The van der Waals surface area contributed by atoms with Crippen molar-refractivity contribution in [1.29, 1.82) is 0 Å². The zero-order valence-corrected chi connectivity index (χ0v) is 20.3. The fourth-order valence-electron chi connectivity index (χ4n) is 3.45. The zero-order valence-electron chi connectivity index (χ0n) is 16.3. The monoisotopic (exact) mass is 555 g/mol. The Labute approximate surface area is 198 Å². The molecule has 0 aliphatic rings. The largest absolute Gasteiger partial charge is 0.492 e. The molecule has 0 saturated carbocycles. The first-order chi connectivity index (χ1) is 15.1. The lowest BCUT2D eigenvalue weighted by Crippen LogP contribution is -2.22. The number of hydrogen-bond donors (Lipinski definition) is 0. The summed E-state index contributed by atoms with van der Waals surface area (Å²) in [5.74, 6) is 1.24. The lowest BCUT2D eigenvalue weighted by atomic mass is 10.2. The molecule has 0 fully saturated rings. The summed E-state index contributed by atoms with van der Waals surface area (Å²) in [6.45, 7) is 2.48. The molecule has 0 saturated heterocycles. The number of thiazole rings is 1. The van der Waals surface area contributed by atoms with Crippen molar-refractivity contribution < 1.29 is 4.74 Å². The molecule has 5 rings (SSSR count). The quantitative estimate of drug-likeness (QED) is 0.251. The minimum absolute atomic E-state index is 0.178. The molecule has 3 aromatic carbocycles. The van der Waals surface area contributed by atoms with E-state index in [9.17, 15) is 4.79 Å². The third-order valence-corrected chi connectivity index (χ3v) is 6.85. The third-order valence-electron chi connectivity index (χ3n) is 4.78. The van der Waals surface area contributed by atoms with Crippen molar-refractivity contribution in [2.45, 2.75) is 6.92 Å². The van der Waals surface area contributed by atoms with Crippen LogP contribution in [0.15, 0.2) is 74.4 Å². The number of fused-ring (bicyclic) bond motifs is 2. The summed E-state index contributed by atoms with van der Waals surface area (Å²) in [4.78, 5) is 23.4. The van der Waals surface area contributed by atoms with Gasteiger partial charge in [0.15, 0.2) is 5.13 Å². The number of para-hydroxylation sites is 1. The van der Waals surface area contributed by atoms with Crippen LogP contribution in [0.5, 0.6) is 5.75 Å². The van der Waals surface area contributed by atoms with Gasteiger partial charge in [0, 0.05) is 14.5 Å². The van der Waals surface area contributed by atoms with Crippen molar-refractivity contribution in [3.8, 4) is 22.3 Å². The molecule has 0 N–H and O–H groups in total. The van der Waals surface area contributed by atoms with Gasteiger partial charge in [-0.05, 0) is 47.1 Å². The van der Waals surface area contributed by atoms with Crippen LogP contribution in [0.2, 0.25) is 0 Å². The van der Waals surface area contributed by atoms with Crippen molar-refractivity contribution in [3.63, 3.8) is 0 Å². The molecule has 31 heavy (non-hydrogen) atoms. The first-order valence-corrected chi connectivity index (χ1v) is 12.0. The van der Waals surface area contributed by atoms with E-state index in [1.807, 2.05) is 61.5 Å². The first kappa shape index (κ1) is 20.4. The summed E-state index contributed by atoms with van der Waals surface area (Å²) in [5.41, 5.74) is 2.01. The molecular weight excluding hydrogens is 542 g/mol. The molecule has 154 valence electrons. The van der Waals surface area contributed by atoms with Crippen molar-refractivity contribution in [3.05, 3.63) is 80.0 Å². The molecule has 5 nitrogen and oxygen atoms in total. The minimum Gasteiger partial charge on any atom is -0.492 e. The topological polar surface area (TPSA) is 57.0 Å². The molecule has 0 spiro atoms. The van der Waals surface area contributed by atoms with Crippen LogP contribution in [0.25, 0.3) is 37.6 Å². The Morgan fingerprint density at radius 2 is 1.81 bits per heavy atom. The van der Waals surface area contributed by atoms with E-state index in [2.05, 4.69) is 31.9 Å². The Hall–Kier alpha value is -2.55. The van der Waals surface area contributed by atoms with E-state index >= 15 is 0 Å². The Bertz CT molecular complexity index is 1500. The molecule has 2 heterocycles. The van der Waals surface area contributed by atoms with Gasteiger partial charge in [-0.2, -0.15) is 0 Å². The van der Waals surface area contributed by atoms with Gasteiger partial charge in [0.1, 0.15) is 17.1 Å². The van der Waals surface area contributed by atoms with Gasteiger partial charge in [0.25, 0.3) is 5.56 Å². The Morgan fingerprint density at radius 3 is 2.58 bits per heavy atom. The average molecular weight is 557 g/mol. The van der Waals surface area contributed by atoms with Crippen molar-refractivity contribution in [2.75, 3.05) is 6.61 Å². The smallest absolute Gasteiger partial charge is 0.268 e. The standard InChI is InChI=1S/C23H15Br2N3O2S/c1-2-30-17-9-6-10-18-20(17)27-23(31-18)28-21(13-7-4-3-5-8-13)26-19-15(22(28)29)11-14(24)12-16(19)25/h3-12H,2H2,1H3. The predicted molar refractivity (Wildman–Crippen MR) is 133 cm³/mol. The van der Waals surface area contributed by atoms with Gasteiger partial charge in [0.05, 0.1) is 22.2 Å². The number of rotatable bonds is 4. The van der Waals surface area contributed by atoms with Gasteiger partial charge in [-0.15, -0.1) is 0 Å². The number of aromatic nitrogens is 3. The summed E-state index contributed by atoms with van der Waals surface area (Å²) >= 11 is 8.47. The SMILES string of the molecule is CCOc1cccc2sc(-n3c(-c4ccccc4)nc4c(Br)cc(Br)cc4c3=O)nc12. The van der Waals surface area contributed by atoms with Gasteiger partial charge in [-0.25, -0.2) is 14.5 Å². The van der Waals surface area contributed by atoms with E-state index in [-0.39, 0.29) is 5.56 Å². The maximum atomic E-state index is 13.7. The Morgan fingerprint density at radius 1 is 1.00 bits per heavy atom. The molecule has 5 aromatic rings. The second-order valence-electron chi connectivity index (χ2n) is 6.76. The number of ether oxygens (including phenoxy) is 1. The summed E-state index contributed by atoms with van der Waals surface area (Å²) < 4.78 is 9.83. The van der Waals surface area contributed by atoms with Gasteiger partial charge in [0.2, 0.25) is 0 Å². The Balaban J connectivity index is 1.88. The molecule has 8 heteroatoms.